The fraction of sp³-hybridized carbons (Fsp3) is 0.920. The monoisotopic (exact) mass is 444 g/mol. The second-order valence-electron chi connectivity index (χ2n) is 12.0. The molecule has 0 aromatic heterocycles. The molecule has 5 saturated carbocycles. The van der Waals surface area contributed by atoms with Crippen LogP contribution in [-0.2, 0) is 0 Å². The average molecular weight is 445 g/mol. The number of thiocarbonyl (C=S) groups is 1. The maximum atomic E-state index is 13.0. The van der Waals surface area contributed by atoms with Gasteiger partial charge in [0.25, 0.3) is 0 Å². The van der Waals surface area contributed by atoms with E-state index in [2.05, 4.69) is 20.9 Å². The Kier molecular flexibility index (Phi) is 5.35. The van der Waals surface area contributed by atoms with Gasteiger partial charge in [0.05, 0.1) is 0 Å². The molecule has 2 aliphatic heterocycles. The van der Waals surface area contributed by atoms with E-state index >= 15 is 0 Å². The zero-order valence-electron chi connectivity index (χ0n) is 18.9. The topological polar surface area (TPSA) is 56.4 Å². The molecule has 0 radical (unpaired) electrons. The minimum atomic E-state index is 0.0997. The van der Waals surface area contributed by atoms with Crippen LogP contribution in [0.2, 0.25) is 0 Å². The summed E-state index contributed by atoms with van der Waals surface area (Å²) < 4.78 is 0. The van der Waals surface area contributed by atoms with Crippen molar-refractivity contribution in [2.75, 3.05) is 0 Å². The fourth-order valence-electron chi connectivity index (χ4n) is 8.85. The van der Waals surface area contributed by atoms with E-state index in [9.17, 15) is 4.79 Å². The molecule has 31 heavy (non-hydrogen) atoms. The molecule has 0 unspecified atom stereocenters. The van der Waals surface area contributed by atoms with Crippen molar-refractivity contribution in [3.63, 3.8) is 0 Å². The Morgan fingerprint density at radius 3 is 1.90 bits per heavy atom. The average Bonchev–Trinajstić information content (AvgIpc) is 2.98. The van der Waals surface area contributed by atoms with Crippen LogP contribution in [0.1, 0.15) is 96.3 Å². The van der Waals surface area contributed by atoms with Crippen LogP contribution in [0.3, 0.4) is 0 Å². The quantitative estimate of drug-likeness (QED) is 0.563. The van der Waals surface area contributed by atoms with Crippen LogP contribution in [0.15, 0.2) is 0 Å². The van der Waals surface area contributed by atoms with Crippen LogP contribution in [0, 0.1) is 17.8 Å². The van der Waals surface area contributed by atoms with Gasteiger partial charge in [-0.2, -0.15) is 0 Å². The predicted octanol–water partition coefficient (Wildman–Crippen LogP) is 4.46. The molecular formula is C25H40N4OS. The minimum absolute atomic E-state index is 0.0997. The fourth-order valence-corrected chi connectivity index (χ4v) is 9.31. The lowest BCUT2D eigenvalue weighted by Crippen LogP contribution is -2.63. The lowest BCUT2D eigenvalue weighted by Gasteiger charge is -2.56. The van der Waals surface area contributed by atoms with Crippen LogP contribution in [0.5, 0.6) is 0 Å². The van der Waals surface area contributed by atoms with Crippen molar-refractivity contribution in [3.05, 3.63) is 0 Å². The largest absolute Gasteiger partial charge is 0.360 e. The molecule has 7 fully saturated rings. The Morgan fingerprint density at radius 1 is 0.742 bits per heavy atom. The number of carbonyl (C=O) groups excluding carboxylic acids is 1. The summed E-state index contributed by atoms with van der Waals surface area (Å²) in [6.07, 6.45) is 19.0. The number of amides is 2. The molecule has 0 aromatic rings. The lowest BCUT2D eigenvalue weighted by atomic mass is 9.53. The normalized spacial score (nSPS) is 43.7. The number of fused-ring (bicyclic) bond motifs is 2. The number of piperidine rings is 1. The summed E-state index contributed by atoms with van der Waals surface area (Å²) >= 11 is 5.86. The van der Waals surface area contributed by atoms with Crippen molar-refractivity contribution in [2.24, 2.45) is 17.8 Å². The summed E-state index contributed by atoms with van der Waals surface area (Å²) in [6, 6.07) is 1.95. The van der Waals surface area contributed by atoms with E-state index in [-0.39, 0.29) is 11.6 Å². The van der Waals surface area contributed by atoms with Crippen molar-refractivity contribution in [3.8, 4) is 0 Å². The Morgan fingerprint density at radius 2 is 1.32 bits per heavy atom. The van der Waals surface area contributed by atoms with Gasteiger partial charge in [0, 0.05) is 29.7 Å². The van der Waals surface area contributed by atoms with Crippen molar-refractivity contribution in [2.45, 2.75) is 126 Å². The van der Waals surface area contributed by atoms with Gasteiger partial charge in [-0.05, 0) is 107 Å². The second-order valence-corrected chi connectivity index (χ2v) is 12.4. The van der Waals surface area contributed by atoms with E-state index in [4.69, 9.17) is 12.2 Å². The first-order valence-electron chi connectivity index (χ1n) is 13.2. The molecule has 5 nitrogen and oxygen atoms in total. The summed E-state index contributed by atoms with van der Waals surface area (Å²) in [4.78, 5) is 15.5. The van der Waals surface area contributed by atoms with E-state index in [1.165, 1.54) is 83.5 Å². The molecule has 172 valence electrons. The third kappa shape index (κ3) is 4.06. The lowest BCUT2D eigenvalue weighted by molar-refractivity contribution is -0.0138. The number of nitrogens with zero attached hydrogens (tertiary/aromatic N) is 1. The first-order chi connectivity index (χ1) is 15.1. The molecule has 5 aliphatic carbocycles. The zero-order chi connectivity index (χ0) is 21.0. The first kappa shape index (κ1) is 20.6. The number of nitrogens with one attached hydrogen (secondary N) is 3. The van der Waals surface area contributed by atoms with E-state index in [0.717, 1.165) is 35.7 Å². The Balaban J connectivity index is 1.03. The first-order valence-corrected chi connectivity index (χ1v) is 13.6. The van der Waals surface area contributed by atoms with Gasteiger partial charge in [-0.15, -0.1) is 0 Å². The molecule has 6 heteroatoms. The van der Waals surface area contributed by atoms with Gasteiger partial charge < -0.3 is 20.9 Å². The zero-order valence-corrected chi connectivity index (χ0v) is 19.7. The van der Waals surface area contributed by atoms with Crippen LogP contribution in [-0.4, -0.2) is 45.7 Å². The van der Waals surface area contributed by atoms with Crippen LogP contribution in [0.25, 0.3) is 0 Å². The number of urea groups is 1. The molecule has 7 aliphatic rings. The van der Waals surface area contributed by atoms with Crippen molar-refractivity contribution in [1.82, 2.24) is 20.9 Å². The molecule has 3 N–H and O–H groups in total. The molecule has 2 atom stereocenters. The molecule has 2 heterocycles. The predicted molar refractivity (Wildman–Crippen MR) is 127 cm³/mol. The van der Waals surface area contributed by atoms with E-state index in [1.807, 2.05) is 0 Å². The highest BCUT2D eigenvalue weighted by Crippen LogP contribution is 2.55. The van der Waals surface area contributed by atoms with E-state index < -0.39 is 0 Å². The number of carbonyl (C=O) groups is 1. The van der Waals surface area contributed by atoms with E-state index in [1.54, 1.807) is 0 Å². The van der Waals surface area contributed by atoms with Crippen LogP contribution >= 0.6 is 12.2 Å². The minimum Gasteiger partial charge on any atom is -0.360 e. The summed E-state index contributed by atoms with van der Waals surface area (Å²) in [6.45, 7) is 0. The smallest absolute Gasteiger partial charge is 0.315 e. The van der Waals surface area contributed by atoms with Gasteiger partial charge >= 0.3 is 6.03 Å². The summed E-state index contributed by atoms with van der Waals surface area (Å²) in [7, 11) is 0. The van der Waals surface area contributed by atoms with Gasteiger partial charge in [-0.3, -0.25) is 0 Å². The summed E-state index contributed by atoms with van der Waals surface area (Å²) in [5, 5.41) is 11.6. The highest BCUT2D eigenvalue weighted by atomic mass is 32.1. The number of rotatable bonds is 3. The summed E-state index contributed by atoms with van der Waals surface area (Å²) in [5.41, 5.74) is 0.101. The van der Waals surface area contributed by atoms with Crippen molar-refractivity contribution >= 4 is 23.4 Å². The van der Waals surface area contributed by atoms with Crippen molar-refractivity contribution in [1.29, 1.82) is 0 Å². The number of hydrogen-bond donors (Lipinski definition) is 3. The third-order valence-electron chi connectivity index (χ3n) is 9.65. The Bertz CT molecular complexity index is 671. The van der Waals surface area contributed by atoms with Crippen LogP contribution < -0.4 is 16.0 Å². The Hall–Kier alpha value is -1.04. The summed E-state index contributed by atoms with van der Waals surface area (Å²) in [5.74, 6) is 2.59. The highest BCUT2D eigenvalue weighted by molar-refractivity contribution is 7.80. The standard InChI is InChI=1S/C25H40N4OS/c30-23(28-25-13-16-8-17(14-25)10-18(9-16)15-25)26-20-11-21-6-7-22(12-20)29(21)24(31)27-19-4-2-1-3-5-19/h16-22H,1-15H2,(H,27,31)(H2,26,28,30)/t16?,17?,18?,21-,22-,25?/m0/s1. The highest BCUT2D eigenvalue weighted by Gasteiger charge is 2.52. The van der Waals surface area contributed by atoms with E-state index in [0.29, 0.717) is 24.2 Å². The van der Waals surface area contributed by atoms with Gasteiger partial charge in [-0.25, -0.2) is 4.79 Å². The molecule has 0 spiro atoms. The molecule has 6 bridgehead atoms. The van der Waals surface area contributed by atoms with Crippen LogP contribution in [0.4, 0.5) is 4.79 Å². The second kappa shape index (κ2) is 8.07. The molecule has 7 rings (SSSR count). The van der Waals surface area contributed by atoms with Crippen molar-refractivity contribution < 1.29 is 4.79 Å². The third-order valence-corrected chi connectivity index (χ3v) is 9.98. The number of hydrogen-bond acceptors (Lipinski definition) is 2. The molecule has 2 amide bonds. The maximum absolute atomic E-state index is 13.0. The van der Waals surface area contributed by atoms with Gasteiger partial charge in [0.1, 0.15) is 0 Å². The van der Waals surface area contributed by atoms with Gasteiger partial charge in [-0.1, -0.05) is 19.3 Å². The Labute approximate surface area is 192 Å². The van der Waals surface area contributed by atoms with Gasteiger partial charge in [0.15, 0.2) is 5.11 Å². The SMILES string of the molecule is O=C(NC1C[C@@H]2CC[C@@H](C1)N2C(=S)NC1CCCCC1)NC12CC3CC(CC(C3)C1)C2. The van der Waals surface area contributed by atoms with Gasteiger partial charge in [0.2, 0.25) is 0 Å². The molecule has 0 aromatic carbocycles. The maximum Gasteiger partial charge on any atom is 0.315 e. The molecular weight excluding hydrogens is 404 g/mol. The molecule has 2 saturated heterocycles.